The predicted molar refractivity (Wildman–Crippen MR) is 181 cm³/mol. The first-order valence-corrected chi connectivity index (χ1v) is 17.6. The van der Waals surface area contributed by atoms with Gasteiger partial charge in [0.25, 0.3) is 10.1 Å². The molecule has 3 aromatic carbocycles. The number of hydrogen-bond acceptors (Lipinski definition) is 13. The molecule has 0 saturated carbocycles. The lowest BCUT2D eigenvalue weighted by Crippen LogP contribution is -2.41. The van der Waals surface area contributed by atoms with Gasteiger partial charge in [-0.2, -0.15) is 8.42 Å². The number of nitrogens with zero attached hydrogens (tertiary/aromatic N) is 4. The third-order valence-corrected chi connectivity index (χ3v) is 8.68. The van der Waals surface area contributed by atoms with Crippen molar-refractivity contribution in [2.75, 3.05) is 12.9 Å². The van der Waals surface area contributed by atoms with Gasteiger partial charge in [-0.1, -0.05) is 53.1 Å². The van der Waals surface area contributed by atoms with Crippen LogP contribution in [0.25, 0.3) is 11.2 Å². The van der Waals surface area contributed by atoms with Gasteiger partial charge in [0.2, 0.25) is 0 Å². The number of imidazole rings is 1. The summed E-state index contributed by atoms with van der Waals surface area (Å²) in [4.78, 5) is 53.1. The van der Waals surface area contributed by atoms with Crippen molar-refractivity contribution in [3.8, 4) is 0 Å². The molecule has 15 heteroatoms. The second-order valence-electron chi connectivity index (χ2n) is 12.1. The molecule has 0 amide bonds. The molecule has 1 fully saturated rings. The Morgan fingerprint density at radius 3 is 1.76 bits per heavy atom. The molecule has 3 heterocycles. The third kappa shape index (κ3) is 8.28. The molecule has 0 bridgehead atoms. The summed E-state index contributed by atoms with van der Waals surface area (Å²) in [5.74, 6) is -2.10. The van der Waals surface area contributed by atoms with E-state index in [4.69, 9.17) is 23.1 Å². The second-order valence-corrected chi connectivity index (χ2v) is 13.8. The van der Waals surface area contributed by atoms with Crippen LogP contribution in [-0.4, -0.2) is 77.0 Å². The number of esters is 3. The van der Waals surface area contributed by atoms with Gasteiger partial charge in [-0.05, 0) is 57.2 Å². The van der Waals surface area contributed by atoms with Crippen molar-refractivity contribution in [3.05, 3.63) is 125 Å². The third-order valence-electron chi connectivity index (χ3n) is 8.13. The Bertz CT molecular complexity index is 2170. The fraction of sp³-hybridized carbons (Fsp3) is 0.278. The zero-order valence-corrected chi connectivity index (χ0v) is 28.9. The summed E-state index contributed by atoms with van der Waals surface area (Å²) in [6, 6.07) is 20.2. The summed E-state index contributed by atoms with van der Waals surface area (Å²) in [6.45, 7) is 4.84. The normalized spacial score (nSPS) is 18.7. The smallest absolute Gasteiger partial charge is 0.338 e. The molecular weight excluding hydrogens is 680 g/mol. The van der Waals surface area contributed by atoms with Crippen molar-refractivity contribution in [3.63, 3.8) is 0 Å². The highest BCUT2D eigenvalue weighted by Gasteiger charge is 2.52. The Balaban J connectivity index is 1.38. The topological polar surface area (TPSA) is 175 Å². The molecule has 5 aromatic rings. The van der Waals surface area contributed by atoms with Crippen LogP contribution >= 0.6 is 0 Å². The highest BCUT2D eigenvalue weighted by molar-refractivity contribution is 7.85. The van der Waals surface area contributed by atoms with E-state index in [0.717, 1.165) is 22.9 Å². The van der Waals surface area contributed by atoms with E-state index in [1.807, 2.05) is 20.8 Å². The molecule has 6 rings (SSSR count). The Hall–Kier alpha value is -5.51. The molecule has 4 atom stereocenters. The van der Waals surface area contributed by atoms with E-state index in [2.05, 4.69) is 15.0 Å². The standard InChI is InChI=1S/C36H34N4O10S/c1-21-5-11-24(12-6-21)34(41)46-18-28-30(49-35(42)25-13-7-22(2)8-14-25)31(50-36(43)26-15-9-23(3)10-16-26)33(48-28)40-20-39-29-27(17-47-51(4,44)45)37-19-38-32(29)40/h5-16,19-20,28,30-31,33H,17-18H2,1-4H3/t28-,30-,31-,33-/m1/s1. The largest absolute Gasteiger partial charge is 0.459 e. The van der Waals surface area contributed by atoms with Crippen molar-refractivity contribution in [1.82, 2.24) is 19.5 Å². The highest BCUT2D eigenvalue weighted by Crippen LogP contribution is 2.37. The van der Waals surface area contributed by atoms with Crippen molar-refractivity contribution < 1.29 is 45.9 Å². The van der Waals surface area contributed by atoms with Crippen LogP contribution in [0.1, 0.15) is 59.7 Å². The van der Waals surface area contributed by atoms with Crippen LogP contribution in [0.3, 0.4) is 0 Å². The Morgan fingerprint density at radius 2 is 1.24 bits per heavy atom. The van der Waals surface area contributed by atoms with Crippen molar-refractivity contribution in [1.29, 1.82) is 0 Å². The van der Waals surface area contributed by atoms with Gasteiger partial charge >= 0.3 is 17.9 Å². The van der Waals surface area contributed by atoms with Crippen LogP contribution < -0.4 is 0 Å². The molecule has 1 aliphatic rings. The van der Waals surface area contributed by atoms with E-state index < -0.39 is 59.2 Å². The van der Waals surface area contributed by atoms with Crippen LogP contribution in [0, 0.1) is 20.8 Å². The van der Waals surface area contributed by atoms with Crippen molar-refractivity contribution in [2.45, 2.75) is 51.9 Å². The number of aryl methyl sites for hydroxylation is 3. The van der Waals surface area contributed by atoms with Gasteiger partial charge in [0.05, 0.1) is 35.0 Å². The fourth-order valence-corrected chi connectivity index (χ4v) is 5.71. The molecule has 0 aliphatic carbocycles. The van der Waals surface area contributed by atoms with E-state index in [1.54, 1.807) is 72.8 Å². The lowest BCUT2D eigenvalue weighted by Gasteiger charge is -2.25. The summed E-state index contributed by atoms with van der Waals surface area (Å²) >= 11 is 0. The molecular formula is C36H34N4O10S. The summed E-state index contributed by atoms with van der Waals surface area (Å²) in [7, 11) is -3.81. The number of carbonyl (C=O) groups excluding carboxylic acids is 3. The maximum absolute atomic E-state index is 13.6. The van der Waals surface area contributed by atoms with E-state index >= 15 is 0 Å². The second kappa shape index (κ2) is 14.8. The van der Waals surface area contributed by atoms with E-state index in [9.17, 15) is 22.8 Å². The minimum atomic E-state index is -3.81. The van der Waals surface area contributed by atoms with E-state index in [-0.39, 0.29) is 34.6 Å². The molecule has 14 nitrogen and oxygen atoms in total. The van der Waals surface area contributed by atoms with E-state index in [1.165, 1.54) is 17.2 Å². The fourth-order valence-electron chi connectivity index (χ4n) is 5.38. The Morgan fingerprint density at radius 1 is 0.725 bits per heavy atom. The molecule has 0 unspecified atom stereocenters. The van der Waals surface area contributed by atoms with Crippen molar-refractivity contribution >= 4 is 39.2 Å². The lowest BCUT2D eigenvalue weighted by atomic mass is 10.1. The van der Waals surface area contributed by atoms with Gasteiger partial charge in [-0.25, -0.2) is 29.3 Å². The first-order valence-electron chi connectivity index (χ1n) is 15.8. The van der Waals surface area contributed by atoms with Gasteiger partial charge < -0.3 is 18.9 Å². The quantitative estimate of drug-likeness (QED) is 0.107. The van der Waals surface area contributed by atoms with Crippen LogP contribution in [-0.2, 0) is 39.9 Å². The zero-order valence-electron chi connectivity index (χ0n) is 28.1. The Kier molecular flexibility index (Phi) is 10.2. The summed E-state index contributed by atoms with van der Waals surface area (Å²) in [6.07, 6.45) is -1.52. The van der Waals surface area contributed by atoms with Gasteiger partial charge in [0.1, 0.15) is 31.2 Å². The average molecular weight is 715 g/mol. The van der Waals surface area contributed by atoms with Gasteiger partial charge in [0, 0.05) is 0 Å². The van der Waals surface area contributed by atoms with Crippen LogP contribution in [0.4, 0.5) is 0 Å². The number of hydrogen-bond donors (Lipinski definition) is 0. The molecule has 2 aromatic heterocycles. The van der Waals surface area contributed by atoms with Crippen LogP contribution in [0.2, 0.25) is 0 Å². The molecule has 1 aliphatic heterocycles. The van der Waals surface area contributed by atoms with Gasteiger partial charge in [-0.3, -0.25) is 8.75 Å². The maximum Gasteiger partial charge on any atom is 0.338 e. The molecule has 0 radical (unpaired) electrons. The average Bonchev–Trinajstić information content (AvgIpc) is 3.68. The zero-order chi connectivity index (χ0) is 36.3. The highest BCUT2D eigenvalue weighted by atomic mass is 32.2. The summed E-state index contributed by atoms with van der Waals surface area (Å²) in [5, 5.41) is 0. The SMILES string of the molecule is Cc1ccc(C(=O)OC[C@H]2O[C@@H](n3cnc4c(COS(C)(=O)=O)ncnc43)[C@H](OC(=O)c3ccc(C)cc3)[C@@H]2OC(=O)c2ccc(C)cc2)cc1. The number of rotatable bonds is 11. The first-order chi connectivity index (χ1) is 24.4. The lowest BCUT2D eigenvalue weighted by molar-refractivity contribution is -0.0606. The van der Waals surface area contributed by atoms with E-state index in [0.29, 0.717) is 5.56 Å². The number of carbonyl (C=O) groups is 3. The maximum atomic E-state index is 13.6. The number of aromatic nitrogens is 4. The minimum Gasteiger partial charge on any atom is -0.459 e. The molecule has 1 saturated heterocycles. The molecule has 0 N–H and O–H groups in total. The van der Waals surface area contributed by atoms with Crippen LogP contribution in [0.15, 0.2) is 85.5 Å². The minimum absolute atomic E-state index is 0.168. The predicted octanol–water partition coefficient (Wildman–Crippen LogP) is 4.43. The molecule has 264 valence electrons. The number of benzene rings is 3. The summed E-state index contributed by atoms with van der Waals surface area (Å²) in [5.41, 5.74) is 4.11. The van der Waals surface area contributed by atoms with Gasteiger partial charge in [-0.15, -0.1) is 0 Å². The van der Waals surface area contributed by atoms with Gasteiger partial charge in [0.15, 0.2) is 24.1 Å². The number of fused-ring (bicyclic) bond motifs is 1. The van der Waals surface area contributed by atoms with Crippen LogP contribution in [0.5, 0.6) is 0 Å². The Labute approximate surface area is 293 Å². The number of ether oxygens (including phenoxy) is 4. The molecule has 51 heavy (non-hydrogen) atoms. The van der Waals surface area contributed by atoms with Crippen molar-refractivity contribution in [2.24, 2.45) is 0 Å². The first kappa shape index (κ1) is 35.3. The molecule has 0 spiro atoms. The summed E-state index contributed by atoms with van der Waals surface area (Å²) < 4.78 is 53.9. The monoisotopic (exact) mass is 714 g/mol.